The monoisotopic (exact) mass is 444 g/mol. The Bertz CT molecular complexity index is 998. The van der Waals surface area contributed by atoms with Crippen molar-refractivity contribution < 1.29 is 14.7 Å². The van der Waals surface area contributed by atoms with Gasteiger partial charge in [0.15, 0.2) is 5.69 Å². The Kier molecular flexibility index (Phi) is 7.59. The number of amides is 1. The summed E-state index contributed by atoms with van der Waals surface area (Å²) in [6.07, 6.45) is 4.16. The van der Waals surface area contributed by atoms with Crippen molar-refractivity contribution in [3.63, 3.8) is 0 Å². The van der Waals surface area contributed by atoms with Crippen molar-refractivity contribution >= 4 is 40.3 Å². The number of carbonyl (C=O) groups is 2. The number of hydrogen-bond acceptors (Lipinski definition) is 7. The number of rotatable bonds is 5. The molecule has 3 aliphatic rings. The molecule has 166 valence electrons. The number of thiazole rings is 1. The lowest BCUT2D eigenvalue weighted by Crippen LogP contribution is -2.57. The number of hydrogen-bond donors (Lipinski definition) is 4. The largest absolute Gasteiger partial charge is 0.483 e. The number of aromatic amines is 1. The van der Waals surface area contributed by atoms with Gasteiger partial charge in [0.05, 0.1) is 12.1 Å². The van der Waals surface area contributed by atoms with Gasteiger partial charge >= 0.3 is 0 Å². The van der Waals surface area contributed by atoms with Gasteiger partial charge in [-0.15, -0.1) is 11.3 Å². The molecule has 3 fully saturated rings. The number of fused-ring (bicyclic) bond motifs is 4. The molecule has 1 aromatic carbocycles. The number of carboxylic acid groups (broad SMARTS) is 1. The fourth-order valence-corrected chi connectivity index (χ4v) is 4.74. The molecule has 1 amide bonds. The molecule has 4 N–H and O–H groups in total. The van der Waals surface area contributed by atoms with E-state index in [0.29, 0.717) is 18.2 Å². The summed E-state index contributed by atoms with van der Waals surface area (Å²) in [7, 11) is 0. The van der Waals surface area contributed by atoms with Gasteiger partial charge in [-0.25, -0.2) is 4.98 Å². The lowest BCUT2D eigenvalue weighted by molar-refractivity contribution is -0.122. The maximum Gasteiger partial charge on any atom is 0.290 e. The fraction of sp³-hybridized carbons (Fsp3) is 0.429. The van der Waals surface area contributed by atoms with Gasteiger partial charge in [-0.3, -0.25) is 14.7 Å². The molecule has 0 unspecified atom stereocenters. The molecular formula is C21H28N6O3S. The van der Waals surface area contributed by atoms with Crippen molar-refractivity contribution in [3.05, 3.63) is 40.5 Å². The molecule has 0 saturated carbocycles. The Labute approximate surface area is 184 Å². The van der Waals surface area contributed by atoms with E-state index in [1.165, 1.54) is 12.8 Å². The first-order valence-electron chi connectivity index (χ1n) is 9.89. The van der Waals surface area contributed by atoms with Crippen LogP contribution in [0, 0.1) is 5.92 Å². The Morgan fingerprint density at radius 2 is 2.13 bits per heavy atom. The second-order valence-corrected chi connectivity index (χ2v) is 8.41. The highest BCUT2D eigenvalue weighted by Crippen LogP contribution is 2.28. The molecule has 3 aromatic rings. The summed E-state index contributed by atoms with van der Waals surface area (Å²) < 4.78 is 0. The summed E-state index contributed by atoms with van der Waals surface area (Å²) in [6, 6.07) is 6.16. The molecule has 2 bridgehead atoms. The first-order valence-corrected chi connectivity index (χ1v) is 10.8. The quantitative estimate of drug-likeness (QED) is 0.446. The third-order valence-corrected chi connectivity index (χ3v) is 6.46. The molecule has 10 heteroatoms. The molecule has 1 atom stereocenters. The van der Waals surface area contributed by atoms with E-state index in [9.17, 15) is 4.79 Å². The highest BCUT2D eigenvalue weighted by atomic mass is 32.1. The van der Waals surface area contributed by atoms with Gasteiger partial charge < -0.3 is 20.6 Å². The van der Waals surface area contributed by atoms with E-state index in [1.807, 2.05) is 23.6 Å². The number of H-pyrrole nitrogens is 1. The highest BCUT2D eigenvalue weighted by molar-refractivity contribution is 7.09. The molecule has 9 nitrogen and oxygen atoms in total. The average molecular weight is 445 g/mol. The standard InChI is InChI=1S/C19H22N6OS.CH2O2.CH4/c26-19(22-16-11-25-6-3-12(16)4-7-25)18-14-9-13(1-2-15(14)23-24-18)21-10-17-20-5-8-27-17;2-1-3;/h1-2,5,8-9,12,16,21H,3-4,6-7,10-11H2,(H,22,26)(H,23,24);1H,(H,2,3);1H4/t16-;;/m0../s1. The van der Waals surface area contributed by atoms with E-state index in [1.54, 1.807) is 17.5 Å². The maximum atomic E-state index is 12.9. The van der Waals surface area contributed by atoms with E-state index in [2.05, 4.69) is 30.7 Å². The average Bonchev–Trinajstić information content (AvgIpc) is 3.43. The minimum absolute atomic E-state index is 0. The number of carbonyl (C=O) groups excluding carboxylic acids is 1. The number of nitrogens with zero attached hydrogens (tertiary/aromatic N) is 3. The molecule has 0 spiro atoms. The summed E-state index contributed by atoms with van der Waals surface area (Å²) in [4.78, 5) is 28.0. The van der Waals surface area contributed by atoms with E-state index >= 15 is 0 Å². The van der Waals surface area contributed by atoms with Gasteiger partial charge in [-0.1, -0.05) is 7.43 Å². The van der Waals surface area contributed by atoms with E-state index in [-0.39, 0.29) is 25.8 Å². The van der Waals surface area contributed by atoms with Crippen LogP contribution < -0.4 is 10.6 Å². The van der Waals surface area contributed by atoms with Crippen LogP contribution in [0.4, 0.5) is 5.69 Å². The van der Waals surface area contributed by atoms with Crippen LogP contribution in [0.5, 0.6) is 0 Å². The summed E-state index contributed by atoms with van der Waals surface area (Å²) >= 11 is 1.62. The molecule has 3 saturated heterocycles. The van der Waals surface area contributed by atoms with E-state index < -0.39 is 0 Å². The normalized spacial score (nSPS) is 21.5. The molecule has 3 aliphatic heterocycles. The van der Waals surface area contributed by atoms with Crippen LogP contribution in [-0.4, -0.2) is 63.2 Å². The third-order valence-electron chi connectivity index (χ3n) is 5.68. The molecule has 5 heterocycles. The fourth-order valence-electron chi connectivity index (χ4n) is 4.18. The minimum Gasteiger partial charge on any atom is -0.483 e. The van der Waals surface area contributed by atoms with E-state index in [4.69, 9.17) is 9.90 Å². The minimum atomic E-state index is -0.250. The predicted octanol–water partition coefficient (Wildman–Crippen LogP) is 2.79. The Balaban J connectivity index is 0.000000645. The zero-order valence-electron chi connectivity index (χ0n) is 16.4. The number of aromatic nitrogens is 3. The van der Waals surface area contributed by atoms with Gasteiger partial charge in [0.2, 0.25) is 0 Å². The van der Waals surface area contributed by atoms with Crippen molar-refractivity contribution in [1.29, 1.82) is 0 Å². The second kappa shape index (κ2) is 10.4. The van der Waals surface area contributed by atoms with Crippen molar-refractivity contribution in [1.82, 2.24) is 25.4 Å². The number of nitrogens with one attached hydrogen (secondary N) is 3. The van der Waals surface area contributed by atoms with Crippen LogP contribution in [0.25, 0.3) is 10.9 Å². The molecule has 2 aromatic heterocycles. The zero-order valence-corrected chi connectivity index (χ0v) is 17.2. The summed E-state index contributed by atoms with van der Waals surface area (Å²) in [6.45, 7) is 3.70. The molecular weight excluding hydrogens is 416 g/mol. The zero-order chi connectivity index (χ0) is 20.9. The summed E-state index contributed by atoms with van der Waals surface area (Å²) in [5.41, 5.74) is 2.30. The lowest BCUT2D eigenvalue weighted by Gasteiger charge is -2.44. The number of benzene rings is 1. The summed E-state index contributed by atoms with van der Waals surface area (Å²) in [5, 5.41) is 24.6. The van der Waals surface area contributed by atoms with Crippen molar-refractivity contribution in [3.8, 4) is 0 Å². The molecule has 0 radical (unpaired) electrons. The SMILES string of the molecule is C.O=C(N[C@H]1CN2CCC1CC2)c1n[nH]c2ccc(NCc3nccs3)cc12.O=CO. The number of piperidine rings is 3. The van der Waals surface area contributed by atoms with Crippen LogP contribution in [0.3, 0.4) is 0 Å². The lowest BCUT2D eigenvalue weighted by atomic mass is 9.84. The number of anilines is 1. The Morgan fingerprint density at radius 3 is 2.77 bits per heavy atom. The van der Waals surface area contributed by atoms with Crippen LogP contribution in [0.2, 0.25) is 0 Å². The van der Waals surface area contributed by atoms with Gasteiger partial charge in [-0.2, -0.15) is 5.10 Å². The van der Waals surface area contributed by atoms with Crippen LogP contribution in [0.15, 0.2) is 29.8 Å². The van der Waals surface area contributed by atoms with Crippen molar-refractivity contribution in [2.75, 3.05) is 25.0 Å². The van der Waals surface area contributed by atoms with Gasteiger partial charge in [0.1, 0.15) is 5.01 Å². The van der Waals surface area contributed by atoms with Crippen molar-refractivity contribution in [2.45, 2.75) is 32.9 Å². The summed E-state index contributed by atoms with van der Waals surface area (Å²) in [5.74, 6) is 0.511. The Morgan fingerprint density at radius 1 is 1.35 bits per heavy atom. The van der Waals surface area contributed by atoms with Gasteiger partial charge in [-0.05, 0) is 50.0 Å². The topological polar surface area (TPSA) is 123 Å². The molecule has 6 rings (SSSR count). The molecule has 31 heavy (non-hydrogen) atoms. The first-order chi connectivity index (χ1) is 14.7. The van der Waals surface area contributed by atoms with Crippen LogP contribution >= 0.6 is 11.3 Å². The first kappa shape index (κ1) is 22.7. The van der Waals surface area contributed by atoms with E-state index in [0.717, 1.165) is 41.2 Å². The highest BCUT2D eigenvalue weighted by Gasteiger charge is 2.35. The van der Waals surface area contributed by atoms with Crippen molar-refractivity contribution in [2.24, 2.45) is 5.92 Å². The predicted molar refractivity (Wildman–Crippen MR) is 121 cm³/mol. The van der Waals surface area contributed by atoms with Gasteiger partial charge in [0, 0.05) is 35.2 Å². The third kappa shape index (κ3) is 5.20. The smallest absolute Gasteiger partial charge is 0.290 e. The van der Waals surface area contributed by atoms with Crippen LogP contribution in [-0.2, 0) is 11.3 Å². The molecule has 0 aliphatic carbocycles. The second-order valence-electron chi connectivity index (χ2n) is 7.44. The van der Waals surface area contributed by atoms with Gasteiger partial charge in [0.25, 0.3) is 12.4 Å². The maximum absolute atomic E-state index is 12.9. The van der Waals surface area contributed by atoms with Crippen LogP contribution in [0.1, 0.15) is 35.8 Å². The Hall–Kier alpha value is -2.98.